The topological polar surface area (TPSA) is 41.1 Å². The Balaban J connectivity index is 2.18. The summed E-state index contributed by atoms with van der Waals surface area (Å²) in [5, 5.41) is 6.44. The van der Waals surface area contributed by atoms with Crippen molar-refractivity contribution in [2.75, 3.05) is 10.6 Å². The number of urea groups is 1. The Morgan fingerprint density at radius 2 is 1.48 bits per heavy atom. The van der Waals surface area contributed by atoms with E-state index in [2.05, 4.69) is 10.6 Å². The van der Waals surface area contributed by atoms with Gasteiger partial charge in [-0.1, -0.05) is 53.0 Å². The molecular formula is C15H13Cl3N2O. The van der Waals surface area contributed by atoms with Crippen LogP contribution in [0.4, 0.5) is 16.2 Å². The molecule has 0 bridgehead atoms. The van der Waals surface area contributed by atoms with Crippen LogP contribution in [0.2, 0.25) is 15.1 Å². The monoisotopic (exact) mass is 342 g/mol. The molecule has 2 aromatic rings. The Kier molecular flexibility index (Phi) is 4.99. The van der Waals surface area contributed by atoms with Crippen LogP contribution in [-0.4, -0.2) is 6.03 Å². The molecule has 0 fully saturated rings. The number of rotatable bonds is 2. The molecule has 21 heavy (non-hydrogen) atoms. The smallest absolute Gasteiger partial charge is 0.307 e. The van der Waals surface area contributed by atoms with Crippen LogP contribution in [0.5, 0.6) is 0 Å². The second-order valence-corrected chi connectivity index (χ2v) is 5.81. The van der Waals surface area contributed by atoms with E-state index in [1.807, 2.05) is 32.0 Å². The number of amides is 2. The van der Waals surface area contributed by atoms with Crippen LogP contribution in [0.3, 0.4) is 0 Å². The highest BCUT2D eigenvalue weighted by Crippen LogP contribution is 2.32. The van der Waals surface area contributed by atoms with Gasteiger partial charge >= 0.3 is 6.03 Å². The predicted molar refractivity (Wildman–Crippen MR) is 90.0 cm³/mol. The van der Waals surface area contributed by atoms with Gasteiger partial charge in [0.25, 0.3) is 0 Å². The highest BCUT2D eigenvalue weighted by Gasteiger charge is 2.11. The Bertz CT molecular complexity index is 681. The normalized spacial score (nSPS) is 10.3. The summed E-state index contributed by atoms with van der Waals surface area (Å²) in [7, 11) is 0. The summed E-state index contributed by atoms with van der Waals surface area (Å²) in [4.78, 5) is 12.1. The second-order valence-electron chi connectivity index (χ2n) is 4.59. The summed E-state index contributed by atoms with van der Waals surface area (Å²) < 4.78 is 0. The summed E-state index contributed by atoms with van der Waals surface area (Å²) in [5.74, 6) is 0. The van der Waals surface area contributed by atoms with Crippen LogP contribution >= 0.6 is 34.8 Å². The SMILES string of the molecule is Cc1cccc(C)c1NC(=O)Nc1cc(Cl)c(Cl)cc1Cl. The first kappa shape index (κ1) is 16.0. The first-order valence-electron chi connectivity index (χ1n) is 6.17. The maximum Gasteiger partial charge on any atom is 0.323 e. The highest BCUT2D eigenvalue weighted by molar-refractivity contribution is 6.44. The highest BCUT2D eigenvalue weighted by atomic mass is 35.5. The first-order valence-corrected chi connectivity index (χ1v) is 7.30. The lowest BCUT2D eigenvalue weighted by molar-refractivity contribution is 0.262. The van der Waals surface area contributed by atoms with Crippen LogP contribution in [-0.2, 0) is 0 Å². The van der Waals surface area contributed by atoms with E-state index >= 15 is 0 Å². The number of anilines is 2. The Hall–Kier alpha value is -1.42. The van der Waals surface area contributed by atoms with Crippen LogP contribution in [0.1, 0.15) is 11.1 Å². The van der Waals surface area contributed by atoms with Gasteiger partial charge in [0.05, 0.1) is 20.8 Å². The fraction of sp³-hybridized carbons (Fsp3) is 0.133. The third kappa shape index (κ3) is 3.82. The zero-order chi connectivity index (χ0) is 15.6. The Morgan fingerprint density at radius 3 is 2.10 bits per heavy atom. The number of hydrogen-bond donors (Lipinski definition) is 2. The number of aryl methyl sites for hydroxylation is 2. The number of para-hydroxylation sites is 1. The standard InChI is InChI=1S/C15H13Cl3N2O/c1-8-4-3-5-9(2)14(8)20-15(21)19-13-7-11(17)10(16)6-12(13)18/h3-7H,1-2H3,(H2,19,20,21). The van der Waals surface area contributed by atoms with Crippen LogP contribution < -0.4 is 10.6 Å². The molecular weight excluding hydrogens is 331 g/mol. The van der Waals surface area contributed by atoms with Gasteiger partial charge in [-0.15, -0.1) is 0 Å². The lowest BCUT2D eigenvalue weighted by Gasteiger charge is -2.13. The van der Waals surface area contributed by atoms with Gasteiger partial charge in [0.2, 0.25) is 0 Å². The summed E-state index contributed by atoms with van der Waals surface area (Å²) >= 11 is 17.8. The lowest BCUT2D eigenvalue weighted by atomic mass is 10.1. The maximum absolute atomic E-state index is 12.1. The molecule has 0 aliphatic carbocycles. The molecule has 0 saturated carbocycles. The molecule has 0 atom stereocenters. The van der Waals surface area contributed by atoms with E-state index in [-0.39, 0.29) is 0 Å². The molecule has 0 unspecified atom stereocenters. The summed E-state index contributed by atoms with van der Waals surface area (Å²) in [6.07, 6.45) is 0. The van der Waals surface area contributed by atoms with Crippen molar-refractivity contribution in [1.82, 2.24) is 0 Å². The predicted octanol–water partition coefficient (Wildman–Crippen LogP) is 5.91. The third-order valence-electron chi connectivity index (χ3n) is 2.98. The first-order chi connectivity index (χ1) is 9.88. The number of carbonyl (C=O) groups excluding carboxylic acids is 1. The minimum Gasteiger partial charge on any atom is -0.307 e. The Morgan fingerprint density at radius 1 is 0.905 bits per heavy atom. The average Bonchev–Trinajstić information content (AvgIpc) is 2.40. The molecule has 110 valence electrons. The summed E-state index contributed by atoms with van der Waals surface area (Å²) in [5.41, 5.74) is 3.12. The van der Waals surface area contributed by atoms with Crippen LogP contribution in [0.15, 0.2) is 30.3 Å². The van der Waals surface area contributed by atoms with Crippen LogP contribution in [0.25, 0.3) is 0 Å². The van der Waals surface area contributed by atoms with E-state index in [1.165, 1.54) is 12.1 Å². The van der Waals surface area contributed by atoms with Gasteiger partial charge < -0.3 is 10.6 Å². The van der Waals surface area contributed by atoms with Gasteiger partial charge in [-0.25, -0.2) is 4.79 Å². The summed E-state index contributed by atoms with van der Waals surface area (Å²) in [6.45, 7) is 3.85. The molecule has 2 rings (SSSR count). The molecule has 0 aromatic heterocycles. The number of benzene rings is 2. The van der Waals surface area contributed by atoms with Gasteiger partial charge in [-0.05, 0) is 37.1 Å². The third-order valence-corrected chi connectivity index (χ3v) is 4.01. The molecule has 2 amide bonds. The van der Waals surface area contributed by atoms with E-state index in [1.54, 1.807) is 0 Å². The minimum absolute atomic E-state index is 0.320. The van der Waals surface area contributed by atoms with Gasteiger partial charge in [-0.3, -0.25) is 0 Å². The number of nitrogens with one attached hydrogen (secondary N) is 2. The fourth-order valence-electron chi connectivity index (χ4n) is 1.90. The zero-order valence-corrected chi connectivity index (χ0v) is 13.7. The zero-order valence-electron chi connectivity index (χ0n) is 11.4. The second kappa shape index (κ2) is 6.56. The molecule has 0 saturated heterocycles. The molecule has 0 aliphatic heterocycles. The van der Waals surface area contributed by atoms with Crippen molar-refractivity contribution in [2.24, 2.45) is 0 Å². The van der Waals surface area contributed by atoms with E-state index in [0.29, 0.717) is 20.8 Å². The van der Waals surface area contributed by atoms with E-state index in [9.17, 15) is 4.79 Å². The summed E-state index contributed by atoms with van der Waals surface area (Å²) in [6, 6.07) is 8.39. The number of carbonyl (C=O) groups is 1. The van der Waals surface area contributed by atoms with Crippen molar-refractivity contribution in [3.63, 3.8) is 0 Å². The molecule has 0 heterocycles. The van der Waals surface area contributed by atoms with Gasteiger partial charge in [-0.2, -0.15) is 0 Å². The van der Waals surface area contributed by atoms with E-state index in [0.717, 1.165) is 16.8 Å². The van der Waals surface area contributed by atoms with Crippen molar-refractivity contribution in [2.45, 2.75) is 13.8 Å². The Labute approximate surface area is 138 Å². The molecule has 0 aliphatic rings. The molecule has 2 N–H and O–H groups in total. The minimum atomic E-state index is -0.396. The van der Waals surface area contributed by atoms with Crippen LogP contribution in [0, 0.1) is 13.8 Å². The van der Waals surface area contributed by atoms with Gasteiger partial charge in [0.1, 0.15) is 0 Å². The van der Waals surface area contributed by atoms with Crippen molar-refractivity contribution in [1.29, 1.82) is 0 Å². The van der Waals surface area contributed by atoms with Gasteiger partial charge in [0, 0.05) is 5.69 Å². The fourth-order valence-corrected chi connectivity index (χ4v) is 2.49. The van der Waals surface area contributed by atoms with E-state index < -0.39 is 6.03 Å². The maximum atomic E-state index is 12.1. The average molecular weight is 344 g/mol. The largest absolute Gasteiger partial charge is 0.323 e. The quantitative estimate of drug-likeness (QED) is 0.654. The van der Waals surface area contributed by atoms with Crippen molar-refractivity contribution < 1.29 is 4.79 Å². The van der Waals surface area contributed by atoms with Gasteiger partial charge in [0.15, 0.2) is 0 Å². The molecule has 6 heteroatoms. The molecule has 3 nitrogen and oxygen atoms in total. The molecule has 0 spiro atoms. The molecule has 2 aromatic carbocycles. The van der Waals surface area contributed by atoms with Crippen molar-refractivity contribution in [3.8, 4) is 0 Å². The molecule has 0 radical (unpaired) electrons. The van der Waals surface area contributed by atoms with Crippen molar-refractivity contribution >= 4 is 52.2 Å². The number of hydrogen-bond acceptors (Lipinski definition) is 1. The number of halogens is 3. The van der Waals surface area contributed by atoms with Crippen molar-refractivity contribution in [3.05, 3.63) is 56.5 Å². The lowest BCUT2D eigenvalue weighted by Crippen LogP contribution is -2.20. The van der Waals surface area contributed by atoms with E-state index in [4.69, 9.17) is 34.8 Å².